The molecule has 2 aromatic rings. The summed E-state index contributed by atoms with van der Waals surface area (Å²) in [7, 11) is 0. The molecule has 0 saturated carbocycles. The second kappa shape index (κ2) is 6.39. The zero-order chi connectivity index (χ0) is 16.3. The molecule has 2 heterocycles. The zero-order valence-corrected chi connectivity index (χ0v) is 13.9. The largest absolute Gasteiger partial charge is 0.354 e. The molecule has 0 aliphatic rings. The van der Waals surface area contributed by atoms with E-state index in [4.69, 9.17) is 0 Å². The summed E-state index contributed by atoms with van der Waals surface area (Å²) in [6, 6.07) is 1.93. The quantitative estimate of drug-likeness (QED) is 0.798. The van der Waals surface area contributed by atoms with Gasteiger partial charge in [0.15, 0.2) is 5.82 Å². The third kappa shape index (κ3) is 4.49. The van der Waals surface area contributed by atoms with Gasteiger partial charge in [-0.2, -0.15) is 4.98 Å². The summed E-state index contributed by atoms with van der Waals surface area (Å²) in [5, 5.41) is 10.5. The number of amides is 1. The van der Waals surface area contributed by atoms with Crippen molar-refractivity contribution in [2.24, 2.45) is 0 Å². The van der Waals surface area contributed by atoms with Crippen molar-refractivity contribution in [2.45, 2.75) is 46.6 Å². The Kier molecular flexibility index (Phi) is 4.75. The van der Waals surface area contributed by atoms with Crippen LogP contribution in [0.3, 0.4) is 0 Å². The fourth-order valence-corrected chi connectivity index (χ4v) is 2.13. The van der Waals surface area contributed by atoms with E-state index in [0.717, 1.165) is 17.9 Å². The van der Waals surface area contributed by atoms with Gasteiger partial charge in [0.25, 0.3) is 5.78 Å². The Bertz CT molecular complexity index is 670. The number of nitrogens with zero attached hydrogens (tertiary/aromatic N) is 4. The highest BCUT2D eigenvalue weighted by molar-refractivity contribution is 5.77. The molecule has 0 aliphatic heterocycles. The van der Waals surface area contributed by atoms with E-state index in [1.807, 2.05) is 19.9 Å². The van der Waals surface area contributed by atoms with Gasteiger partial charge in [-0.3, -0.25) is 4.79 Å². The Morgan fingerprint density at radius 2 is 1.95 bits per heavy atom. The molecule has 2 aromatic heterocycles. The summed E-state index contributed by atoms with van der Waals surface area (Å²) in [5.41, 5.74) is 1.90. The summed E-state index contributed by atoms with van der Waals surface area (Å²) in [6.45, 7) is 11.4. The minimum atomic E-state index is -0.0824. The number of fused-ring (bicyclic) bond motifs is 1. The van der Waals surface area contributed by atoms with Crippen LogP contribution < -0.4 is 10.6 Å². The molecule has 0 atom stereocenters. The van der Waals surface area contributed by atoms with Gasteiger partial charge in [-0.15, -0.1) is 5.10 Å². The molecule has 0 radical (unpaired) electrons. The lowest BCUT2D eigenvalue weighted by molar-refractivity contribution is -0.120. The van der Waals surface area contributed by atoms with Gasteiger partial charge >= 0.3 is 0 Å². The molecule has 2 rings (SSSR count). The van der Waals surface area contributed by atoms with E-state index in [-0.39, 0.29) is 17.9 Å². The van der Waals surface area contributed by atoms with Crippen molar-refractivity contribution in [1.82, 2.24) is 30.2 Å². The van der Waals surface area contributed by atoms with E-state index in [9.17, 15) is 4.79 Å². The fraction of sp³-hybridized carbons (Fsp3) is 0.600. The molecule has 2 N–H and O–H groups in total. The first-order chi connectivity index (χ1) is 10.2. The zero-order valence-electron chi connectivity index (χ0n) is 13.9. The van der Waals surface area contributed by atoms with Crippen molar-refractivity contribution >= 4 is 11.7 Å². The van der Waals surface area contributed by atoms with Crippen LogP contribution in [0.1, 0.15) is 38.0 Å². The van der Waals surface area contributed by atoms with Crippen LogP contribution in [0.2, 0.25) is 0 Å². The van der Waals surface area contributed by atoms with Crippen molar-refractivity contribution in [3.05, 3.63) is 23.3 Å². The van der Waals surface area contributed by atoms with Crippen LogP contribution in [-0.4, -0.2) is 44.1 Å². The first-order valence-corrected chi connectivity index (χ1v) is 7.46. The first kappa shape index (κ1) is 16.4. The number of aryl methyl sites for hydroxylation is 2. The summed E-state index contributed by atoms with van der Waals surface area (Å²) in [6.07, 6.45) is 0.164. The summed E-state index contributed by atoms with van der Waals surface area (Å²) >= 11 is 0. The van der Waals surface area contributed by atoms with Gasteiger partial charge in [-0.25, -0.2) is 9.50 Å². The number of carbonyl (C=O) groups is 1. The van der Waals surface area contributed by atoms with Gasteiger partial charge in [-0.1, -0.05) is 0 Å². The molecule has 120 valence electrons. The third-order valence-corrected chi connectivity index (χ3v) is 3.08. The Balaban J connectivity index is 1.91. The average molecular weight is 304 g/mol. The number of aromatic nitrogens is 4. The van der Waals surface area contributed by atoms with Crippen LogP contribution in [0.25, 0.3) is 5.78 Å². The SMILES string of the molecule is Cc1cc(C)n2nc(CC(=O)NCCNC(C)(C)C)nc2n1. The van der Waals surface area contributed by atoms with E-state index in [1.165, 1.54) is 0 Å². The van der Waals surface area contributed by atoms with Crippen LogP contribution in [0.15, 0.2) is 6.07 Å². The van der Waals surface area contributed by atoms with E-state index >= 15 is 0 Å². The second-order valence-corrected chi connectivity index (χ2v) is 6.48. The first-order valence-electron chi connectivity index (χ1n) is 7.46. The topological polar surface area (TPSA) is 84.2 Å². The Morgan fingerprint density at radius 1 is 1.23 bits per heavy atom. The highest BCUT2D eigenvalue weighted by Gasteiger charge is 2.12. The van der Waals surface area contributed by atoms with Crippen LogP contribution in [-0.2, 0) is 11.2 Å². The molecule has 1 amide bonds. The van der Waals surface area contributed by atoms with Gasteiger partial charge < -0.3 is 10.6 Å². The summed E-state index contributed by atoms with van der Waals surface area (Å²) < 4.78 is 1.66. The number of rotatable bonds is 5. The molecule has 7 heteroatoms. The lowest BCUT2D eigenvalue weighted by Gasteiger charge is -2.20. The van der Waals surface area contributed by atoms with Gasteiger partial charge in [0, 0.05) is 30.0 Å². The maximum absolute atomic E-state index is 11.9. The van der Waals surface area contributed by atoms with Gasteiger partial charge in [0.2, 0.25) is 5.91 Å². The highest BCUT2D eigenvalue weighted by atomic mass is 16.1. The molecule has 7 nitrogen and oxygen atoms in total. The second-order valence-electron chi connectivity index (χ2n) is 6.48. The number of hydrogen-bond donors (Lipinski definition) is 2. The number of carbonyl (C=O) groups excluding carboxylic acids is 1. The van der Waals surface area contributed by atoms with Crippen molar-refractivity contribution in [3.8, 4) is 0 Å². The molecule has 0 bridgehead atoms. The maximum atomic E-state index is 11.9. The van der Waals surface area contributed by atoms with Crippen LogP contribution in [0.5, 0.6) is 0 Å². The Hall–Kier alpha value is -2.02. The van der Waals surface area contributed by atoms with Crippen molar-refractivity contribution in [1.29, 1.82) is 0 Å². The monoisotopic (exact) mass is 304 g/mol. The Morgan fingerprint density at radius 3 is 2.64 bits per heavy atom. The van der Waals surface area contributed by atoms with Crippen molar-refractivity contribution in [2.75, 3.05) is 13.1 Å². The normalized spacial score (nSPS) is 11.9. The van der Waals surface area contributed by atoms with Crippen molar-refractivity contribution in [3.63, 3.8) is 0 Å². The predicted molar refractivity (Wildman–Crippen MR) is 84.7 cm³/mol. The molecule has 0 aromatic carbocycles. The van der Waals surface area contributed by atoms with Gasteiger partial charge in [0.1, 0.15) is 0 Å². The average Bonchev–Trinajstić information content (AvgIpc) is 2.76. The standard InChI is InChI=1S/C15H24N6O/c1-10-8-11(2)21-14(18-10)19-12(20-21)9-13(22)16-6-7-17-15(3,4)5/h8,17H,6-7,9H2,1-5H3,(H,16,22). The van der Waals surface area contributed by atoms with E-state index < -0.39 is 0 Å². The lowest BCUT2D eigenvalue weighted by Crippen LogP contribution is -2.41. The predicted octanol–water partition coefficient (Wildman–Crippen LogP) is 0.788. The highest BCUT2D eigenvalue weighted by Crippen LogP contribution is 2.05. The fourth-order valence-electron chi connectivity index (χ4n) is 2.13. The lowest BCUT2D eigenvalue weighted by atomic mass is 10.1. The minimum Gasteiger partial charge on any atom is -0.354 e. The smallest absolute Gasteiger partial charge is 0.252 e. The van der Waals surface area contributed by atoms with Crippen LogP contribution >= 0.6 is 0 Å². The van der Waals surface area contributed by atoms with Gasteiger partial charge in [-0.05, 0) is 40.7 Å². The van der Waals surface area contributed by atoms with E-state index in [2.05, 4.69) is 46.5 Å². The summed E-state index contributed by atoms with van der Waals surface area (Å²) in [4.78, 5) is 20.5. The van der Waals surface area contributed by atoms with Crippen molar-refractivity contribution < 1.29 is 4.79 Å². The molecule has 0 aliphatic carbocycles. The van der Waals surface area contributed by atoms with Gasteiger partial charge in [0.05, 0.1) is 6.42 Å². The van der Waals surface area contributed by atoms with Crippen LogP contribution in [0.4, 0.5) is 0 Å². The molecule has 0 fully saturated rings. The molecule has 0 unspecified atom stereocenters. The molecule has 22 heavy (non-hydrogen) atoms. The molecule has 0 saturated heterocycles. The third-order valence-electron chi connectivity index (χ3n) is 3.08. The minimum absolute atomic E-state index is 0.0505. The Labute approximate surface area is 130 Å². The van der Waals surface area contributed by atoms with E-state index in [1.54, 1.807) is 4.52 Å². The van der Waals surface area contributed by atoms with Crippen LogP contribution in [0, 0.1) is 13.8 Å². The molecular weight excluding hydrogens is 280 g/mol. The number of nitrogens with one attached hydrogen (secondary N) is 2. The van der Waals surface area contributed by atoms with E-state index in [0.29, 0.717) is 18.1 Å². The summed E-state index contributed by atoms with van der Waals surface area (Å²) in [5.74, 6) is 0.943. The maximum Gasteiger partial charge on any atom is 0.252 e. The molecular formula is C15H24N6O. The number of hydrogen-bond acceptors (Lipinski definition) is 5. The molecule has 0 spiro atoms.